The van der Waals surface area contributed by atoms with E-state index in [9.17, 15) is 28.6 Å². The quantitative estimate of drug-likeness (QED) is 0.492. The summed E-state index contributed by atoms with van der Waals surface area (Å²) >= 11 is 0. The third-order valence-electron chi connectivity index (χ3n) is 3.84. The molecule has 0 saturated heterocycles. The second-order valence-corrected chi connectivity index (χ2v) is 7.57. The van der Waals surface area contributed by atoms with E-state index in [0.717, 1.165) is 4.90 Å². The van der Waals surface area contributed by atoms with Gasteiger partial charge in [-0.2, -0.15) is 8.42 Å². The molecule has 13 nitrogen and oxygen atoms in total. The Kier molecular flexibility index (Phi) is 5.83. The molecule has 0 spiro atoms. The minimum absolute atomic E-state index is 0.265. The van der Waals surface area contributed by atoms with Gasteiger partial charge in [0.05, 0.1) is 9.85 Å². The Bertz CT molecular complexity index is 1130. The molecule has 0 aromatic heterocycles. The van der Waals surface area contributed by atoms with Gasteiger partial charge in [-0.15, -0.1) is 0 Å². The molecule has 0 atom stereocenters. The smallest absolute Gasteiger partial charge is 0.372 e. The number of hydrogen-bond acceptors (Lipinski definition) is 9. The summed E-state index contributed by atoms with van der Waals surface area (Å²) in [5, 5.41) is 22.5. The molecule has 3 rings (SSSR count). The molecule has 0 fully saturated rings. The zero-order valence-electron chi connectivity index (χ0n) is 16.1. The van der Waals surface area contributed by atoms with Gasteiger partial charge in [0.15, 0.2) is 0 Å². The summed E-state index contributed by atoms with van der Waals surface area (Å²) in [6, 6.07) is 8.93. The maximum Gasteiger partial charge on any atom is 0.372 e. The van der Waals surface area contributed by atoms with Crippen molar-refractivity contribution in [2.24, 2.45) is 8.80 Å². The van der Waals surface area contributed by atoms with E-state index < -0.39 is 49.5 Å². The lowest BCUT2D eigenvalue weighted by Gasteiger charge is -2.30. The van der Waals surface area contributed by atoms with Crippen LogP contribution in [0.15, 0.2) is 57.3 Å². The standard InChI is InChI=1S/C17H15N5O8S/c1-11(2)20-16(29-14-9-5-3-7-12(14)21(23)24)18-31(27,28)19-17(20)30-15-10-6-4-8-13(15)22(25)26/h3-11H,1-2H3. The first kappa shape index (κ1) is 21.6. The average Bonchev–Trinajstić information content (AvgIpc) is 2.67. The predicted octanol–water partition coefficient (Wildman–Crippen LogP) is 2.64. The summed E-state index contributed by atoms with van der Waals surface area (Å²) in [6.45, 7) is 3.24. The van der Waals surface area contributed by atoms with Crippen LogP contribution in [0, 0.1) is 20.2 Å². The molecule has 0 amide bonds. The van der Waals surface area contributed by atoms with Crippen LogP contribution < -0.4 is 9.47 Å². The highest BCUT2D eigenvalue weighted by Crippen LogP contribution is 2.30. The van der Waals surface area contributed by atoms with Crippen molar-refractivity contribution in [3.63, 3.8) is 0 Å². The van der Waals surface area contributed by atoms with E-state index in [1.54, 1.807) is 13.8 Å². The molecule has 0 unspecified atom stereocenters. The van der Waals surface area contributed by atoms with Gasteiger partial charge in [-0.25, -0.2) is 4.90 Å². The Labute approximate surface area is 175 Å². The van der Waals surface area contributed by atoms with Crippen molar-refractivity contribution in [3.05, 3.63) is 68.8 Å². The summed E-state index contributed by atoms with van der Waals surface area (Å²) < 4.78 is 42.2. The van der Waals surface area contributed by atoms with Crippen molar-refractivity contribution in [2.75, 3.05) is 0 Å². The van der Waals surface area contributed by atoms with E-state index >= 15 is 0 Å². The molecule has 162 valence electrons. The molecule has 0 saturated carbocycles. The van der Waals surface area contributed by atoms with E-state index in [1.807, 2.05) is 0 Å². The van der Waals surface area contributed by atoms with Gasteiger partial charge in [-0.3, -0.25) is 20.2 Å². The Morgan fingerprint density at radius 3 is 1.58 bits per heavy atom. The normalized spacial score (nSPS) is 15.1. The van der Waals surface area contributed by atoms with Crippen LogP contribution in [0.2, 0.25) is 0 Å². The number of ether oxygens (including phenoxy) is 2. The van der Waals surface area contributed by atoms with Crippen molar-refractivity contribution < 1.29 is 27.7 Å². The van der Waals surface area contributed by atoms with E-state index in [2.05, 4.69) is 8.80 Å². The van der Waals surface area contributed by atoms with Crippen LogP contribution in [0.5, 0.6) is 11.5 Å². The Balaban J connectivity index is 2.04. The van der Waals surface area contributed by atoms with Crippen molar-refractivity contribution in [2.45, 2.75) is 19.9 Å². The molecular formula is C17H15N5O8S. The molecule has 2 aromatic carbocycles. The lowest BCUT2D eigenvalue weighted by atomic mass is 10.3. The van der Waals surface area contributed by atoms with E-state index in [-0.39, 0.29) is 11.5 Å². The summed E-state index contributed by atoms with van der Waals surface area (Å²) in [4.78, 5) is 22.2. The lowest BCUT2D eigenvalue weighted by molar-refractivity contribution is -0.385. The SMILES string of the molecule is CC(C)N1C(Oc2ccccc2[N+](=O)[O-])=NS(=O)(=O)N=C1Oc1ccccc1[N+](=O)[O-]. The molecule has 1 heterocycles. The third kappa shape index (κ3) is 4.75. The molecule has 1 aliphatic heterocycles. The number of nitro groups is 2. The van der Waals surface area contributed by atoms with Crippen molar-refractivity contribution >= 4 is 33.6 Å². The van der Waals surface area contributed by atoms with E-state index in [4.69, 9.17) is 9.47 Å². The number of hydrogen-bond donors (Lipinski definition) is 0. The largest absolute Gasteiger partial charge is 0.417 e. The third-order valence-corrected chi connectivity index (χ3v) is 4.62. The Hall–Kier alpha value is -4.07. The molecule has 0 N–H and O–H groups in total. The summed E-state index contributed by atoms with van der Waals surface area (Å²) in [5.41, 5.74) is -0.843. The van der Waals surface area contributed by atoms with Gasteiger partial charge in [-0.05, 0) is 26.0 Å². The predicted molar refractivity (Wildman–Crippen MR) is 108 cm³/mol. The molecule has 2 aromatic rings. The van der Waals surface area contributed by atoms with Crippen molar-refractivity contribution in [1.29, 1.82) is 0 Å². The highest BCUT2D eigenvalue weighted by Gasteiger charge is 2.35. The summed E-state index contributed by atoms with van der Waals surface area (Å²) in [5.74, 6) is -0.530. The highest BCUT2D eigenvalue weighted by atomic mass is 32.2. The minimum atomic E-state index is -4.51. The monoisotopic (exact) mass is 449 g/mol. The first-order valence-electron chi connectivity index (χ1n) is 8.65. The molecule has 0 radical (unpaired) electrons. The van der Waals surface area contributed by atoms with Crippen LogP contribution in [-0.4, -0.2) is 41.2 Å². The zero-order valence-corrected chi connectivity index (χ0v) is 16.9. The maximum absolute atomic E-state index is 12.2. The van der Waals surface area contributed by atoms with Crippen LogP contribution in [0.1, 0.15) is 13.8 Å². The molecule has 0 aliphatic carbocycles. The number of amidine groups is 2. The number of benzene rings is 2. The Morgan fingerprint density at radius 2 is 1.23 bits per heavy atom. The highest BCUT2D eigenvalue weighted by molar-refractivity contribution is 7.89. The fraction of sp³-hybridized carbons (Fsp3) is 0.176. The van der Waals surface area contributed by atoms with Crippen molar-refractivity contribution in [3.8, 4) is 11.5 Å². The minimum Gasteiger partial charge on any atom is -0.417 e. The number of nitrogens with zero attached hydrogens (tertiary/aromatic N) is 5. The van der Waals surface area contributed by atoms with Gasteiger partial charge >= 0.3 is 33.6 Å². The van der Waals surface area contributed by atoms with E-state index in [0.29, 0.717) is 0 Å². The van der Waals surface area contributed by atoms with Gasteiger partial charge in [0.25, 0.3) is 0 Å². The fourth-order valence-corrected chi connectivity index (χ4v) is 3.24. The number of para-hydroxylation sites is 4. The van der Waals surface area contributed by atoms with E-state index in [1.165, 1.54) is 48.5 Å². The van der Waals surface area contributed by atoms with Gasteiger partial charge in [0, 0.05) is 18.2 Å². The molecule has 1 aliphatic rings. The lowest BCUT2D eigenvalue weighted by Crippen LogP contribution is -2.49. The van der Waals surface area contributed by atoms with Crippen LogP contribution in [0.25, 0.3) is 0 Å². The average molecular weight is 449 g/mol. The van der Waals surface area contributed by atoms with Crippen LogP contribution in [0.4, 0.5) is 11.4 Å². The van der Waals surface area contributed by atoms with Gasteiger partial charge in [0.1, 0.15) is 0 Å². The zero-order chi connectivity index (χ0) is 22.8. The molecule has 0 bridgehead atoms. The van der Waals surface area contributed by atoms with Gasteiger partial charge in [-0.1, -0.05) is 33.1 Å². The second kappa shape index (κ2) is 8.35. The first-order chi connectivity index (χ1) is 14.6. The Morgan fingerprint density at radius 1 is 0.839 bits per heavy atom. The number of rotatable bonds is 5. The van der Waals surface area contributed by atoms with Crippen LogP contribution >= 0.6 is 0 Å². The summed E-state index contributed by atoms with van der Waals surface area (Å²) in [6.07, 6.45) is 0. The topological polar surface area (TPSA) is 167 Å². The molecule has 31 heavy (non-hydrogen) atoms. The second-order valence-electron chi connectivity index (χ2n) is 6.31. The summed E-state index contributed by atoms with van der Waals surface area (Å²) in [7, 11) is -4.51. The van der Waals surface area contributed by atoms with Gasteiger partial charge < -0.3 is 9.47 Å². The first-order valence-corrected chi connectivity index (χ1v) is 10.1. The molecule has 14 heteroatoms. The number of nitro benzene ring substituents is 2. The molecular weight excluding hydrogens is 434 g/mol. The van der Waals surface area contributed by atoms with Crippen molar-refractivity contribution in [1.82, 2.24) is 4.90 Å². The fourth-order valence-electron chi connectivity index (χ4n) is 2.55. The van der Waals surface area contributed by atoms with Crippen LogP contribution in [-0.2, 0) is 10.2 Å². The van der Waals surface area contributed by atoms with Crippen LogP contribution in [0.3, 0.4) is 0 Å². The maximum atomic E-state index is 12.2. The van der Waals surface area contributed by atoms with Gasteiger partial charge in [0.2, 0.25) is 11.5 Å².